The monoisotopic (exact) mass is 415 g/mol. The van der Waals surface area contributed by atoms with Gasteiger partial charge in [0.15, 0.2) is 5.13 Å². The second kappa shape index (κ2) is 8.22. The zero-order valence-corrected chi connectivity index (χ0v) is 17.5. The van der Waals surface area contributed by atoms with Crippen LogP contribution in [-0.2, 0) is 14.8 Å². The zero-order valence-electron chi connectivity index (χ0n) is 15.8. The number of anilines is 1. The van der Waals surface area contributed by atoms with Gasteiger partial charge >= 0.3 is 0 Å². The predicted molar refractivity (Wildman–Crippen MR) is 112 cm³/mol. The van der Waals surface area contributed by atoms with Gasteiger partial charge in [0.25, 0.3) is 0 Å². The topological polar surface area (TPSA) is 79.4 Å². The summed E-state index contributed by atoms with van der Waals surface area (Å²) in [6, 6.07) is 14.1. The number of hydrogen-bond donors (Lipinski definition) is 1. The summed E-state index contributed by atoms with van der Waals surface area (Å²) in [6.07, 6.45) is 0. The van der Waals surface area contributed by atoms with E-state index in [1.54, 1.807) is 18.2 Å². The van der Waals surface area contributed by atoms with Crippen molar-refractivity contribution in [1.82, 2.24) is 9.29 Å². The Hall–Kier alpha value is -2.55. The van der Waals surface area contributed by atoms with Gasteiger partial charge in [-0.05, 0) is 43.2 Å². The molecular formula is C20H21N3O3S2. The number of carbonyl (C=O) groups excluding carboxylic acids is 1. The lowest BCUT2D eigenvalue weighted by Crippen LogP contribution is -2.34. The van der Waals surface area contributed by atoms with Crippen molar-refractivity contribution in [2.24, 2.45) is 0 Å². The molecule has 3 rings (SSSR count). The van der Waals surface area contributed by atoms with Crippen molar-refractivity contribution in [3.8, 4) is 11.3 Å². The van der Waals surface area contributed by atoms with E-state index in [-0.39, 0.29) is 11.4 Å². The van der Waals surface area contributed by atoms with E-state index in [9.17, 15) is 13.2 Å². The van der Waals surface area contributed by atoms with Gasteiger partial charge < -0.3 is 5.32 Å². The van der Waals surface area contributed by atoms with Crippen LogP contribution in [0.3, 0.4) is 0 Å². The van der Waals surface area contributed by atoms with Crippen LogP contribution >= 0.6 is 11.3 Å². The maximum atomic E-state index is 12.5. The highest BCUT2D eigenvalue weighted by atomic mass is 32.2. The predicted octanol–water partition coefficient (Wildman–Crippen LogP) is 3.69. The second-order valence-electron chi connectivity index (χ2n) is 6.46. The van der Waals surface area contributed by atoms with Gasteiger partial charge in [-0.15, -0.1) is 11.3 Å². The van der Waals surface area contributed by atoms with E-state index >= 15 is 0 Å². The van der Waals surface area contributed by atoms with Crippen LogP contribution in [0.5, 0.6) is 0 Å². The number of benzene rings is 2. The number of nitrogens with zero attached hydrogens (tertiary/aromatic N) is 2. The van der Waals surface area contributed by atoms with Crippen molar-refractivity contribution < 1.29 is 13.2 Å². The molecule has 8 heteroatoms. The Labute approximate surface area is 168 Å². The van der Waals surface area contributed by atoms with E-state index in [0.717, 1.165) is 15.6 Å². The van der Waals surface area contributed by atoms with Crippen LogP contribution in [-0.4, -0.2) is 37.2 Å². The highest BCUT2D eigenvalue weighted by Crippen LogP contribution is 2.26. The van der Waals surface area contributed by atoms with Crippen molar-refractivity contribution >= 4 is 32.4 Å². The first kappa shape index (κ1) is 20.2. The van der Waals surface area contributed by atoms with Crippen LogP contribution in [0.25, 0.3) is 11.3 Å². The summed E-state index contributed by atoms with van der Waals surface area (Å²) in [6.45, 7) is 3.79. The standard InChI is InChI=1S/C20H21N3O3S2/c1-14-9-10-16(11-15(14)2)18-13-27-20(21-18)22-19(24)12-23(3)28(25,26)17-7-5-4-6-8-17/h4-11,13H,12H2,1-3H3,(H,21,22,24). The summed E-state index contributed by atoms with van der Waals surface area (Å²) >= 11 is 1.30. The number of likely N-dealkylation sites (N-methyl/N-ethyl adjacent to an activating group) is 1. The molecule has 0 aliphatic rings. The Kier molecular flexibility index (Phi) is 5.93. The molecule has 0 atom stereocenters. The molecular weight excluding hydrogens is 394 g/mol. The van der Waals surface area contributed by atoms with Crippen LogP contribution in [0.1, 0.15) is 11.1 Å². The summed E-state index contributed by atoms with van der Waals surface area (Å²) in [4.78, 5) is 16.9. The Bertz CT molecular complexity index is 1090. The van der Waals surface area contributed by atoms with Crippen LogP contribution in [0, 0.1) is 13.8 Å². The molecule has 1 amide bonds. The van der Waals surface area contributed by atoms with Crippen molar-refractivity contribution in [3.63, 3.8) is 0 Å². The Morgan fingerprint density at radius 3 is 2.50 bits per heavy atom. The molecule has 0 spiro atoms. The van der Waals surface area contributed by atoms with E-state index in [0.29, 0.717) is 5.13 Å². The average Bonchev–Trinajstić information content (AvgIpc) is 3.12. The van der Waals surface area contributed by atoms with Gasteiger partial charge in [-0.1, -0.05) is 30.3 Å². The van der Waals surface area contributed by atoms with E-state index in [2.05, 4.69) is 16.4 Å². The molecule has 0 unspecified atom stereocenters. The molecule has 1 heterocycles. The molecule has 3 aromatic rings. The minimum Gasteiger partial charge on any atom is -0.301 e. The van der Waals surface area contributed by atoms with Gasteiger partial charge in [-0.3, -0.25) is 4.79 Å². The molecule has 0 aliphatic heterocycles. The molecule has 0 saturated heterocycles. The molecule has 1 N–H and O–H groups in total. The molecule has 0 bridgehead atoms. The lowest BCUT2D eigenvalue weighted by Gasteiger charge is -2.16. The van der Waals surface area contributed by atoms with Crippen LogP contribution in [0.2, 0.25) is 0 Å². The first-order valence-corrected chi connectivity index (χ1v) is 10.9. The molecule has 6 nitrogen and oxygen atoms in total. The van der Waals surface area contributed by atoms with Crippen LogP contribution in [0.4, 0.5) is 5.13 Å². The second-order valence-corrected chi connectivity index (χ2v) is 9.36. The van der Waals surface area contributed by atoms with E-state index in [1.807, 2.05) is 31.4 Å². The molecule has 0 fully saturated rings. The molecule has 28 heavy (non-hydrogen) atoms. The van der Waals surface area contributed by atoms with Crippen LogP contribution in [0.15, 0.2) is 58.8 Å². The number of hydrogen-bond acceptors (Lipinski definition) is 5. The number of carbonyl (C=O) groups is 1. The number of sulfonamides is 1. The summed E-state index contributed by atoms with van der Waals surface area (Å²) in [5.41, 5.74) is 4.12. The molecule has 1 aromatic heterocycles. The van der Waals surface area contributed by atoms with Crippen molar-refractivity contribution in [2.75, 3.05) is 18.9 Å². The van der Waals surface area contributed by atoms with Gasteiger partial charge in [-0.25, -0.2) is 13.4 Å². The quantitative estimate of drug-likeness (QED) is 0.666. The zero-order chi connectivity index (χ0) is 20.3. The number of aryl methyl sites for hydroxylation is 2. The molecule has 0 aliphatic carbocycles. The van der Waals surface area contributed by atoms with E-state index in [1.165, 1.54) is 41.6 Å². The molecule has 2 aromatic carbocycles. The lowest BCUT2D eigenvalue weighted by molar-refractivity contribution is -0.116. The fraction of sp³-hybridized carbons (Fsp3) is 0.200. The largest absolute Gasteiger partial charge is 0.301 e. The third-order valence-electron chi connectivity index (χ3n) is 4.37. The number of thiazole rings is 1. The normalized spacial score (nSPS) is 11.6. The van der Waals surface area contributed by atoms with E-state index < -0.39 is 15.9 Å². The van der Waals surface area contributed by atoms with Crippen molar-refractivity contribution in [1.29, 1.82) is 0 Å². The summed E-state index contributed by atoms with van der Waals surface area (Å²) in [7, 11) is -2.34. The van der Waals surface area contributed by atoms with Crippen LogP contribution < -0.4 is 5.32 Å². The highest BCUT2D eigenvalue weighted by molar-refractivity contribution is 7.89. The number of amides is 1. The third kappa shape index (κ3) is 4.46. The third-order valence-corrected chi connectivity index (χ3v) is 6.95. The van der Waals surface area contributed by atoms with Gasteiger partial charge in [0.2, 0.25) is 15.9 Å². The summed E-state index contributed by atoms with van der Waals surface area (Å²) < 4.78 is 26.0. The Balaban J connectivity index is 1.67. The van der Waals surface area contributed by atoms with Crippen molar-refractivity contribution in [2.45, 2.75) is 18.7 Å². The molecule has 146 valence electrons. The molecule has 0 saturated carbocycles. The maximum absolute atomic E-state index is 12.5. The van der Waals surface area contributed by atoms with Gasteiger partial charge in [0.1, 0.15) is 0 Å². The van der Waals surface area contributed by atoms with Gasteiger partial charge in [0, 0.05) is 18.0 Å². The van der Waals surface area contributed by atoms with Gasteiger partial charge in [-0.2, -0.15) is 4.31 Å². The lowest BCUT2D eigenvalue weighted by atomic mass is 10.1. The Morgan fingerprint density at radius 1 is 1.11 bits per heavy atom. The van der Waals surface area contributed by atoms with Gasteiger partial charge in [0.05, 0.1) is 17.1 Å². The van der Waals surface area contributed by atoms with E-state index in [4.69, 9.17) is 0 Å². The number of aromatic nitrogens is 1. The molecule has 0 radical (unpaired) electrons. The Morgan fingerprint density at radius 2 is 1.82 bits per heavy atom. The number of rotatable bonds is 6. The summed E-state index contributed by atoms with van der Waals surface area (Å²) in [5, 5.41) is 4.97. The highest BCUT2D eigenvalue weighted by Gasteiger charge is 2.23. The minimum atomic E-state index is -3.72. The number of nitrogens with one attached hydrogen (secondary N) is 1. The maximum Gasteiger partial charge on any atom is 0.243 e. The minimum absolute atomic E-state index is 0.150. The average molecular weight is 416 g/mol. The smallest absolute Gasteiger partial charge is 0.243 e. The first-order valence-electron chi connectivity index (χ1n) is 8.62. The fourth-order valence-electron chi connectivity index (χ4n) is 2.58. The first-order chi connectivity index (χ1) is 13.3. The SMILES string of the molecule is Cc1ccc(-c2csc(NC(=O)CN(C)S(=O)(=O)c3ccccc3)n2)cc1C. The van der Waals surface area contributed by atoms with Crippen molar-refractivity contribution in [3.05, 3.63) is 65.0 Å². The summed E-state index contributed by atoms with van der Waals surface area (Å²) in [5.74, 6) is -0.442. The fourth-order valence-corrected chi connectivity index (χ4v) is 4.47.